The molecule has 26 heavy (non-hydrogen) atoms. The molecule has 1 aliphatic heterocycles. The smallest absolute Gasteiger partial charge is 0.309 e. The Morgan fingerprint density at radius 1 is 1.15 bits per heavy atom. The summed E-state index contributed by atoms with van der Waals surface area (Å²) in [5.41, 5.74) is 4.94. The highest BCUT2D eigenvalue weighted by Crippen LogP contribution is 2.32. The highest BCUT2D eigenvalue weighted by molar-refractivity contribution is 7.89. The molecular formula is C16H22N2O7S. The van der Waals surface area contributed by atoms with Crippen molar-refractivity contribution in [2.45, 2.75) is 17.7 Å². The highest BCUT2D eigenvalue weighted by Gasteiger charge is 2.33. The molecule has 2 N–H and O–H groups in total. The van der Waals surface area contributed by atoms with Crippen molar-refractivity contribution in [3.63, 3.8) is 0 Å². The zero-order valence-electron chi connectivity index (χ0n) is 14.6. The SMILES string of the molecule is COc1ccc(S(=O)(=O)N2CCC(C(=O)OCC(N)=O)CC2)cc1OC. The fourth-order valence-corrected chi connectivity index (χ4v) is 4.20. The van der Waals surface area contributed by atoms with Crippen LogP contribution in [0.25, 0.3) is 0 Å². The molecule has 0 saturated carbocycles. The van der Waals surface area contributed by atoms with Crippen molar-refractivity contribution < 1.29 is 32.2 Å². The van der Waals surface area contributed by atoms with Crippen molar-refractivity contribution in [3.05, 3.63) is 18.2 Å². The Kier molecular flexibility index (Phi) is 6.43. The third-order valence-corrected chi connectivity index (χ3v) is 6.03. The number of rotatable bonds is 7. The topological polar surface area (TPSA) is 125 Å². The number of primary amides is 1. The summed E-state index contributed by atoms with van der Waals surface area (Å²) in [5.74, 6) is -0.967. The van der Waals surface area contributed by atoms with Gasteiger partial charge < -0.3 is 19.9 Å². The summed E-state index contributed by atoms with van der Waals surface area (Å²) in [6, 6.07) is 4.38. The maximum atomic E-state index is 12.8. The Morgan fingerprint density at radius 3 is 2.31 bits per heavy atom. The quantitative estimate of drug-likeness (QED) is 0.660. The van der Waals surface area contributed by atoms with E-state index in [-0.39, 0.29) is 18.0 Å². The van der Waals surface area contributed by atoms with Crippen LogP contribution in [0.3, 0.4) is 0 Å². The van der Waals surface area contributed by atoms with Gasteiger partial charge in [-0.3, -0.25) is 9.59 Å². The Morgan fingerprint density at radius 2 is 1.77 bits per heavy atom. The van der Waals surface area contributed by atoms with Crippen LogP contribution in [-0.2, 0) is 24.3 Å². The van der Waals surface area contributed by atoms with Gasteiger partial charge in [0.05, 0.1) is 25.0 Å². The van der Waals surface area contributed by atoms with Gasteiger partial charge in [0.2, 0.25) is 10.0 Å². The second kappa shape index (κ2) is 8.37. The lowest BCUT2D eigenvalue weighted by Crippen LogP contribution is -2.41. The van der Waals surface area contributed by atoms with Crippen LogP contribution in [0.2, 0.25) is 0 Å². The Bertz CT molecular complexity index is 771. The number of ether oxygens (including phenoxy) is 3. The van der Waals surface area contributed by atoms with Crippen molar-refractivity contribution in [1.29, 1.82) is 0 Å². The first kappa shape index (κ1) is 20.0. The number of sulfonamides is 1. The monoisotopic (exact) mass is 386 g/mol. The van der Waals surface area contributed by atoms with E-state index < -0.39 is 34.4 Å². The Hall–Kier alpha value is -2.33. The molecule has 1 amide bonds. The number of esters is 1. The second-order valence-electron chi connectivity index (χ2n) is 5.77. The van der Waals surface area contributed by atoms with E-state index in [1.165, 1.54) is 36.7 Å². The second-order valence-corrected chi connectivity index (χ2v) is 7.71. The van der Waals surface area contributed by atoms with Gasteiger partial charge >= 0.3 is 5.97 Å². The lowest BCUT2D eigenvalue weighted by Gasteiger charge is -2.30. The van der Waals surface area contributed by atoms with Gasteiger partial charge in [-0.2, -0.15) is 4.31 Å². The fraction of sp³-hybridized carbons (Fsp3) is 0.500. The van der Waals surface area contributed by atoms with E-state index >= 15 is 0 Å². The molecule has 0 unspecified atom stereocenters. The molecule has 2 rings (SSSR count). The zero-order chi connectivity index (χ0) is 19.3. The number of amides is 1. The molecule has 0 radical (unpaired) electrons. The van der Waals surface area contributed by atoms with Crippen LogP contribution in [0.5, 0.6) is 11.5 Å². The molecule has 0 aromatic heterocycles. The van der Waals surface area contributed by atoms with E-state index in [9.17, 15) is 18.0 Å². The summed E-state index contributed by atoms with van der Waals surface area (Å²) < 4.78 is 42.0. The minimum atomic E-state index is -3.72. The van der Waals surface area contributed by atoms with Crippen LogP contribution in [-0.4, -0.2) is 58.5 Å². The van der Waals surface area contributed by atoms with E-state index in [1.807, 2.05) is 0 Å². The van der Waals surface area contributed by atoms with Crippen LogP contribution in [0, 0.1) is 5.92 Å². The van der Waals surface area contributed by atoms with Gasteiger partial charge in [0, 0.05) is 19.2 Å². The van der Waals surface area contributed by atoms with Gasteiger partial charge in [-0.25, -0.2) is 8.42 Å². The third kappa shape index (κ3) is 4.44. The lowest BCUT2D eigenvalue weighted by atomic mass is 9.98. The van der Waals surface area contributed by atoms with Crippen molar-refractivity contribution in [2.24, 2.45) is 11.7 Å². The number of hydrogen-bond donors (Lipinski definition) is 1. The molecule has 1 heterocycles. The van der Waals surface area contributed by atoms with Gasteiger partial charge in [-0.05, 0) is 25.0 Å². The van der Waals surface area contributed by atoms with E-state index in [1.54, 1.807) is 0 Å². The standard InChI is InChI=1S/C16H22N2O7S/c1-23-13-4-3-12(9-14(13)24-2)26(21,22)18-7-5-11(6-8-18)16(20)25-10-15(17)19/h3-4,9,11H,5-8,10H2,1-2H3,(H2,17,19). The highest BCUT2D eigenvalue weighted by atomic mass is 32.2. The first-order chi connectivity index (χ1) is 12.3. The molecule has 0 atom stereocenters. The zero-order valence-corrected chi connectivity index (χ0v) is 15.5. The van der Waals surface area contributed by atoms with Gasteiger partial charge in [0.15, 0.2) is 18.1 Å². The molecule has 1 aromatic carbocycles. The third-order valence-electron chi connectivity index (χ3n) is 4.14. The maximum absolute atomic E-state index is 12.8. The molecule has 0 aliphatic carbocycles. The molecule has 1 fully saturated rings. The molecule has 1 aliphatic rings. The van der Waals surface area contributed by atoms with Crippen LogP contribution in [0.4, 0.5) is 0 Å². The summed E-state index contributed by atoms with van der Waals surface area (Å²) in [4.78, 5) is 22.6. The number of carbonyl (C=O) groups is 2. The summed E-state index contributed by atoms with van der Waals surface area (Å²) in [5, 5.41) is 0. The molecule has 9 nitrogen and oxygen atoms in total. The van der Waals surface area contributed by atoms with E-state index in [2.05, 4.69) is 0 Å². The number of benzene rings is 1. The number of nitrogens with zero attached hydrogens (tertiary/aromatic N) is 1. The molecular weight excluding hydrogens is 364 g/mol. The fourth-order valence-electron chi connectivity index (χ4n) is 2.72. The van der Waals surface area contributed by atoms with Crippen molar-refractivity contribution in [3.8, 4) is 11.5 Å². The van der Waals surface area contributed by atoms with Gasteiger partial charge in [-0.15, -0.1) is 0 Å². The number of nitrogens with two attached hydrogens (primary N) is 1. The number of methoxy groups -OCH3 is 2. The maximum Gasteiger partial charge on any atom is 0.309 e. The summed E-state index contributed by atoms with van der Waals surface area (Å²) in [6.07, 6.45) is 0.619. The number of piperidine rings is 1. The predicted molar refractivity (Wildman–Crippen MR) is 91.2 cm³/mol. The van der Waals surface area contributed by atoms with Crippen molar-refractivity contribution in [1.82, 2.24) is 4.31 Å². The largest absolute Gasteiger partial charge is 0.493 e. The van der Waals surface area contributed by atoms with Gasteiger partial charge in [0.25, 0.3) is 5.91 Å². The molecule has 1 aromatic rings. The lowest BCUT2D eigenvalue weighted by molar-refractivity contribution is -0.153. The molecule has 0 bridgehead atoms. The first-order valence-corrected chi connectivity index (χ1v) is 9.40. The van der Waals surface area contributed by atoms with E-state index in [0.717, 1.165) is 0 Å². The van der Waals surface area contributed by atoms with Crippen LogP contribution in [0.15, 0.2) is 23.1 Å². The molecule has 10 heteroatoms. The minimum absolute atomic E-state index is 0.0879. The molecule has 0 spiro atoms. The van der Waals surface area contributed by atoms with Crippen LogP contribution in [0.1, 0.15) is 12.8 Å². The first-order valence-electron chi connectivity index (χ1n) is 7.96. The minimum Gasteiger partial charge on any atom is -0.493 e. The normalized spacial score (nSPS) is 16.1. The Balaban J connectivity index is 2.06. The van der Waals surface area contributed by atoms with Crippen LogP contribution < -0.4 is 15.2 Å². The van der Waals surface area contributed by atoms with Crippen LogP contribution >= 0.6 is 0 Å². The average Bonchev–Trinajstić information content (AvgIpc) is 2.65. The number of carbonyl (C=O) groups excluding carboxylic acids is 2. The van der Waals surface area contributed by atoms with Crippen molar-refractivity contribution >= 4 is 21.9 Å². The van der Waals surface area contributed by atoms with Gasteiger partial charge in [-0.1, -0.05) is 0 Å². The summed E-state index contributed by atoms with van der Waals surface area (Å²) in [6.45, 7) is -0.122. The summed E-state index contributed by atoms with van der Waals surface area (Å²) >= 11 is 0. The van der Waals surface area contributed by atoms with Crippen molar-refractivity contribution in [2.75, 3.05) is 33.9 Å². The predicted octanol–water partition coefficient (Wildman–Crippen LogP) is 0.133. The molecule has 1 saturated heterocycles. The van der Waals surface area contributed by atoms with E-state index in [0.29, 0.717) is 24.3 Å². The Labute approximate surface area is 152 Å². The number of hydrogen-bond acceptors (Lipinski definition) is 7. The van der Waals surface area contributed by atoms with Gasteiger partial charge in [0.1, 0.15) is 0 Å². The summed E-state index contributed by atoms with van der Waals surface area (Å²) in [7, 11) is -0.829. The molecule has 144 valence electrons. The average molecular weight is 386 g/mol. The van der Waals surface area contributed by atoms with E-state index in [4.69, 9.17) is 19.9 Å².